The molecule has 4 atom stereocenters. The van der Waals surface area contributed by atoms with Gasteiger partial charge in [-0.25, -0.2) is 0 Å². The van der Waals surface area contributed by atoms with Crippen LogP contribution in [0.1, 0.15) is 18.4 Å². The van der Waals surface area contributed by atoms with Crippen molar-refractivity contribution in [2.24, 2.45) is 16.9 Å². The maximum atomic E-state index is 13.1. The SMILES string of the molecule is CCOC(=O)[C@]1(C#N)[C@@H]2C=CC(C(N)=O)=CN2[C@@H](C(N)=O)[C@@H]1c1cccc(Cl)c1. The topological polar surface area (TPSA) is 140 Å². The van der Waals surface area contributed by atoms with E-state index in [-0.39, 0.29) is 12.2 Å². The number of carbonyl (C=O) groups excluding carboxylic acids is 3. The van der Waals surface area contributed by atoms with Crippen LogP contribution in [0.4, 0.5) is 0 Å². The number of nitriles is 1. The molecule has 8 nitrogen and oxygen atoms in total. The van der Waals surface area contributed by atoms with Crippen LogP contribution in [0.15, 0.2) is 48.2 Å². The zero-order chi connectivity index (χ0) is 21.3. The monoisotopic (exact) mass is 414 g/mol. The molecule has 2 heterocycles. The molecular formula is C20H19ClN4O4. The third kappa shape index (κ3) is 3.13. The zero-order valence-corrected chi connectivity index (χ0v) is 16.3. The molecule has 4 N–H and O–H groups in total. The number of halogens is 1. The summed E-state index contributed by atoms with van der Waals surface area (Å²) in [6.45, 7) is 1.67. The van der Waals surface area contributed by atoms with Crippen molar-refractivity contribution in [3.8, 4) is 6.07 Å². The summed E-state index contributed by atoms with van der Waals surface area (Å²) in [6.07, 6.45) is 4.28. The standard InChI is InChI=1S/C20H19ClN4O4/c1-2-29-19(28)20(10-22)14-7-6-12(17(23)26)9-25(14)16(18(24)27)15(20)11-4-3-5-13(21)8-11/h3-9,14-16H,2H2,1H3,(H2,23,26)(H2,24,27)/t14-,15-,16+,20+/m0/s1. The van der Waals surface area contributed by atoms with Crippen LogP contribution in [0.3, 0.4) is 0 Å². The van der Waals surface area contributed by atoms with Gasteiger partial charge in [-0.3, -0.25) is 14.4 Å². The Bertz CT molecular complexity index is 983. The molecule has 0 aromatic heterocycles. The molecule has 1 aromatic rings. The van der Waals surface area contributed by atoms with Gasteiger partial charge in [-0.05, 0) is 30.7 Å². The van der Waals surface area contributed by atoms with Crippen LogP contribution in [-0.2, 0) is 19.1 Å². The molecule has 2 aliphatic rings. The van der Waals surface area contributed by atoms with E-state index in [1.165, 1.54) is 23.3 Å². The van der Waals surface area contributed by atoms with Gasteiger partial charge in [-0.15, -0.1) is 0 Å². The number of primary amides is 2. The van der Waals surface area contributed by atoms with E-state index in [1.54, 1.807) is 31.2 Å². The molecule has 2 aliphatic heterocycles. The average molecular weight is 415 g/mol. The molecule has 1 fully saturated rings. The number of nitrogens with zero attached hydrogens (tertiary/aromatic N) is 2. The number of amides is 2. The van der Waals surface area contributed by atoms with E-state index in [0.29, 0.717) is 10.6 Å². The maximum Gasteiger partial charge on any atom is 0.329 e. The number of hydrogen-bond acceptors (Lipinski definition) is 6. The minimum atomic E-state index is -1.80. The van der Waals surface area contributed by atoms with E-state index < -0.39 is 41.2 Å². The van der Waals surface area contributed by atoms with Gasteiger partial charge in [0, 0.05) is 17.1 Å². The molecule has 3 rings (SSSR count). The largest absolute Gasteiger partial charge is 0.465 e. The number of ether oxygens (including phenoxy) is 1. The van der Waals surface area contributed by atoms with Crippen molar-refractivity contribution >= 4 is 29.4 Å². The van der Waals surface area contributed by atoms with E-state index in [0.717, 1.165) is 0 Å². The molecule has 0 aliphatic carbocycles. The second-order valence-electron chi connectivity index (χ2n) is 6.78. The van der Waals surface area contributed by atoms with Crippen LogP contribution >= 0.6 is 11.6 Å². The Hall–Kier alpha value is -3.31. The first-order valence-corrected chi connectivity index (χ1v) is 9.26. The van der Waals surface area contributed by atoms with E-state index >= 15 is 0 Å². The lowest BCUT2D eigenvalue weighted by molar-refractivity contribution is -0.153. The van der Waals surface area contributed by atoms with E-state index in [4.69, 9.17) is 27.8 Å². The highest BCUT2D eigenvalue weighted by Crippen LogP contribution is 2.53. The molecule has 9 heteroatoms. The van der Waals surface area contributed by atoms with Crippen molar-refractivity contribution in [2.75, 3.05) is 6.61 Å². The Balaban J connectivity index is 2.30. The van der Waals surface area contributed by atoms with Gasteiger partial charge in [0.05, 0.1) is 24.3 Å². The molecule has 29 heavy (non-hydrogen) atoms. The average Bonchev–Trinajstić information content (AvgIpc) is 2.99. The molecule has 2 amide bonds. The summed E-state index contributed by atoms with van der Waals surface area (Å²) in [6, 6.07) is 6.62. The van der Waals surface area contributed by atoms with Gasteiger partial charge in [0.2, 0.25) is 11.8 Å². The van der Waals surface area contributed by atoms with Gasteiger partial charge in [0.25, 0.3) is 0 Å². The quantitative estimate of drug-likeness (QED) is 0.688. The third-order valence-corrected chi connectivity index (χ3v) is 5.48. The smallest absolute Gasteiger partial charge is 0.329 e. The highest BCUT2D eigenvalue weighted by atomic mass is 35.5. The summed E-state index contributed by atoms with van der Waals surface area (Å²) < 4.78 is 5.23. The molecule has 0 radical (unpaired) electrons. The first-order chi connectivity index (χ1) is 13.8. The fourth-order valence-electron chi connectivity index (χ4n) is 4.11. The summed E-state index contributed by atoms with van der Waals surface area (Å²) in [4.78, 5) is 38.7. The number of esters is 1. The predicted octanol–water partition coefficient (Wildman–Crippen LogP) is 0.974. The Morgan fingerprint density at radius 3 is 2.62 bits per heavy atom. The Kier molecular flexibility index (Phi) is 5.36. The van der Waals surface area contributed by atoms with Crippen molar-refractivity contribution in [3.63, 3.8) is 0 Å². The molecule has 1 saturated heterocycles. The summed E-state index contributed by atoms with van der Waals surface area (Å²) >= 11 is 6.13. The Morgan fingerprint density at radius 1 is 1.34 bits per heavy atom. The minimum Gasteiger partial charge on any atom is -0.465 e. The zero-order valence-electron chi connectivity index (χ0n) is 15.5. The summed E-state index contributed by atoms with van der Waals surface area (Å²) in [5.41, 5.74) is 9.87. The summed E-state index contributed by atoms with van der Waals surface area (Å²) in [5.74, 6) is -3.25. The van der Waals surface area contributed by atoms with Crippen LogP contribution in [0.25, 0.3) is 0 Å². The normalized spacial score (nSPS) is 27.6. The van der Waals surface area contributed by atoms with Crippen molar-refractivity contribution in [2.45, 2.75) is 24.9 Å². The molecule has 0 unspecified atom stereocenters. The lowest BCUT2D eigenvalue weighted by atomic mass is 9.68. The number of rotatable bonds is 5. The maximum absolute atomic E-state index is 13.1. The number of hydrogen-bond donors (Lipinski definition) is 2. The number of carbonyl (C=O) groups is 3. The third-order valence-electron chi connectivity index (χ3n) is 5.24. The highest BCUT2D eigenvalue weighted by molar-refractivity contribution is 6.30. The van der Waals surface area contributed by atoms with Crippen molar-refractivity contribution in [1.82, 2.24) is 4.90 Å². The highest BCUT2D eigenvalue weighted by Gasteiger charge is 2.66. The first kappa shape index (κ1) is 20.4. The van der Waals surface area contributed by atoms with E-state index in [9.17, 15) is 19.6 Å². The van der Waals surface area contributed by atoms with Gasteiger partial charge in [-0.1, -0.05) is 29.8 Å². The van der Waals surface area contributed by atoms with Gasteiger partial charge in [0.15, 0.2) is 5.41 Å². The fraction of sp³-hybridized carbons (Fsp3) is 0.300. The Morgan fingerprint density at radius 2 is 2.07 bits per heavy atom. The van der Waals surface area contributed by atoms with Crippen LogP contribution < -0.4 is 11.5 Å². The van der Waals surface area contributed by atoms with Gasteiger partial charge >= 0.3 is 5.97 Å². The molecule has 150 valence electrons. The second kappa shape index (κ2) is 7.60. The van der Waals surface area contributed by atoms with Crippen LogP contribution in [-0.4, -0.2) is 41.4 Å². The van der Waals surface area contributed by atoms with Gasteiger partial charge in [-0.2, -0.15) is 5.26 Å². The summed E-state index contributed by atoms with van der Waals surface area (Å²) in [7, 11) is 0. The lowest BCUT2D eigenvalue weighted by Crippen LogP contribution is -2.45. The van der Waals surface area contributed by atoms with Gasteiger partial charge < -0.3 is 21.1 Å². The lowest BCUT2D eigenvalue weighted by Gasteiger charge is -2.32. The first-order valence-electron chi connectivity index (χ1n) is 8.88. The molecule has 0 bridgehead atoms. The molecular weight excluding hydrogens is 396 g/mol. The van der Waals surface area contributed by atoms with Crippen LogP contribution in [0.5, 0.6) is 0 Å². The van der Waals surface area contributed by atoms with Crippen LogP contribution in [0.2, 0.25) is 5.02 Å². The fourth-order valence-corrected chi connectivity index (χ4v) is 4.30. The number of benzene rings is 1. The van der Waals surface area contributed by atoms with E-state index in [2.05, 4.69) is 6.07 Å². The minimum absolute atomic E-state index is 0.0462. The Labute approximate surface area is 172 Å². The molecule has 1 aromatic carbocycles. The van der Waals surface area contributed by atoms with E-state index in [1.807, 2.05) is 0 Å². The number of fused-ring (bicyclic) bond motifs is 1. The number of nitrogens with two attached hydrogens (primary N) is 2. The van der Waals surface area contributed by atoms with Crippen LogP contribution in [0, 0.1) is 16.7 Å². The van der Waals surface area contributed by atoms with Crippen molar-refractivity contribution < 1.29 is 19.1 Å². The molecule has 0 saturated carbocycles. The van der Waals surface area contributed by atoms with Crippen molar-refractivity contribution in [3.05, 3.63) is 58.8 Å². The van der Waals surface area contributed by atoms with Crippen molar-refractivity contribution in [1.29, 1.82) is 5.26 Å². The second-order valence-corrected chi connectivity index (χ2v) is 7.22. The summed E-state index contributed by atoms with van der Waals surface area (Å²) in [5, 5.41) is 10.6. The predicted molar refractivity (Wildman–Crippen MR) is 104 cm³/mol. The van der Waals surface area contributed by atoms with Gasteiger partial charge in [0.1, 0.15) is 6.04 Å². The molecule has 0 spiro atoms.